The van der Waals surface area contributed by atoms with Gasteiger partial charge in [0.25, 0.3) is 17.7 Å². The van der Waals surface area contributed by atoms with Gasteiger partial charge in [-0.05, 0) is 96.7 Å². The third kappa shape index (κ3) is 12.4. The van der Waals surface area contributed by atoms with Gasteiger partial charge in [0.15, 0.2) is 5.78 Å². The van der Waals surface area contributed by atoms with E-state index in [4.69, 9.17) is 5.73 Å². The molecule has 4 atom stereocenters. The van der Waals surface area contributed by atoms with Crippen LogP contribution in [0.2, 0.25) is 0 Å². The number of alkyl halides is 2. The van der Waals surface area contributed by atoms with Crippen LogP contribution in [0, 0.1) is 11.8 Å². The Hall–Kier alpha value is -9.16. The molecule has 0 aliphatic carbocycles. The van der Waals surface area contributed by atoms with Crippen LogP contribution in [-0.2, 0) is 58.4 Å². The second-order valence-corrected chi connectivity index (χ2v) is 23.2. The molecule has 1 unspecified atom stereocenters. The Morgan fingerprint density at radius 1 is 0.835 bits per heavy atom. The summed E-state index contributed by atoms with van der Waals surface area (Å²) in [6.45, 7) is 0.140. The molecule has 6 aromatic rings. The maximum Gasteiger partial charge on any atom is 0.399 e. The van der Waals surface area contributed by atoms with Crippen molar-refractivity contribution in [1.82, 2.24) is 31.2 Å². The van der Waals surface area contributed by atoms with E-state index in [1.54, 1.807) is 36.4 Å². The Morgan fingerprint density at radius 2 is 1.54 bits per heavy atom. The van der Waals surface area contributed by atoms with Gasteiger partial charge in [0, 0.05) is 73.2 Å². The van der Waals surface area contributed by atoms with Crippen LogP contribution in [0.1, 0.15) is 134 Å². The zero-order chi connectivity index (χ0) is 60.3. The number of nitrogens with two attached hydrogens (primary N) is 1. The molecule has 0 saturated carbocycles. The molecular formula is C62H59F2N8O12P. The van der Waals surface area contributed by atoms with Gasteiger partial charge >= 0.3 is 13.3 Å². The molecule has 23 heteroatoms. The van der Waals surface area contributed by atoms with Crippen molar-refractivity contribution in [3.63, 3.8) is 0 Å². The molecule has 4 aliphatic rings. The van der Waals surface area contributed by atoms with Crippen LogP contribution in [-0.4, -0.2) is 103 Å². The van der Waals surface area contributed by atoms with E-state index in [0.29, 0.717) is 58.8 Å². The highest BCUT2D eigenvalue weighted by Crippen LogP contribution is 2.59. The zero-order valence-electron chi connectivity index (χ0n) is 45.7. The molecular weight excluding hydrogens is 1120 g/mol. The van der Waals surface area contributed by atoms with Crippen LogP contribution in [0.4, 0.5) is 14.5 Å². The number of Topliss-reactive ketones (excluding diaryl/α,β-unsaturated/α-hetero) is 1. The van der Waals surface area contributed by atoms with E-state index in [1.807, 2.05) is 60.7 Å². The van der Waals surface area contributed by atoms with Crippen molar-refractivity contribution in [1.29, 1.82) is 0 Å². The number of benzene rings is 5. The molecule has 20 nitrogen and oxygen atoms in total. The minimum atomic E-state index is -6.16. The van der Waals surface area contributed by atoms with Gasteiger partial charge < -0.3 is 41.4 Å². The molecule has 5 heterocycles. The van der Waals surface area contributed by atoms with Gasteiger partial charge in [-0.15, -0.1) is 0 Å². The standard InChI is InChI=1S/C62H59F2N8O12P/c63-62(64,85(82,83)84)41-29-40-30-48(67-54(40)44(32-41)56(76)66-28-10-2-1-5-17-37-18-12-21-42-45(37)34-71(60(42)80)49-25-27-53(75)70-58(49)78)57(77)69-47-23-22-38-19-11-20-39-31-50(72(55(38)39)61(47)81)59(79)68-46(24-26-52(65)74)51(73)33-43(35-13-6-3-7-14-35)36-15-8-4-9-16-36/h3-4,6-9,11-16,18-21,29-30,32,43,46-47,49-50,67H,1-2,10,22-28,31,33-34H2,(H2,65,74)(H,66,76)(H,68,79)(H,69,77)(H,70,75,78)(H2,82,83,84)/t46-,47-,49?,50-/m0/s1. The number of imide groups is 1. The number of anilines is 1. The molecule has 1 saturated heterocycles. The number of H-pyrrole nitrogens is 1. The summed E-state index contributed by atoms with van der Waals surface area (Å²) in [4.78, 5) is 146. The number of fused-ring (bicyclic) bond motifs is 2. The first-order chi connectivity index (χ1) is 40.7. The monoisotopic (exact) mass is 1180 g/mol. The summed E-state index contributed by atoms with van der Waals surface area (Å²) >= 11 is 0. The number of piperidine rings is 1. The molecule has 4 aliphatic heterocycles. The number of nitrogens with zero attached hydrogens (tertiary/aromatic N) is 2. The van der Waals surface area contributed by atoms with E-state index in [-0.39, 0.29) is 92.7 Å². The van der Waals surface area contributed by atoms with Crippen molar-refractivity contribution >= 4 is 77.2 Å². The lowest BCUT2D eigenvalue weighted by atomic mass is 9.85. The highest BCUT2D eigenvalue weighted by Gasteiger charge is 2.51. The number of carbonyl (C=O) groups is 9. The minimum absolute atomic E-state index is 0.00204. The predicted molar refractivity (Wildman–Crippen MR) is 305 cm³/mol. The number of unbranched alkanes of at least 4 members (excludes halogenated alkanes) is 2. The summed E-state index contributed by atoms with van der Waals surface area (Å²) in [6, 6.07) is 27.2. The van der Waals surface area contributed by atoms with Gasteiger partial charge in [-0.2, -0.15) is 8.78 Å². The summed E-state index contributed by atoms with van der Waals surface area (Å²) in [7, 11) is -6.16. The van der Waals surface area contributed by atoms with Crippen molar-refractivity contribution in [2.24, 2.45) is 5.73 Å². The normalized spacial score (nSPS) is 17.8. The lowest BCUT2D eigenvalue weighted by Crippen LogP contribution is -2.56. The largest absolute Gasteiger partial charge is 0.399 e. The van der Waals surface area contributed by atoms with Crippen molar-refractivity contribution in [3.8, 4) is 11.8 Å². The van der Waals surface area contributed by atoms with Crippen LogP contribution in [0.5, 0.6) is 0 Å². The maximum atomic E-state index is 15.4. The number of aryl methyl sites for hydroxylation is 1. The number of hydrogen-bond acceptors (Lipinski definition) is 10. The van der Waals surface area contributed by atoms with Crippen LogP contribution < -0.4 is 31.9 Å². The number of amides is 8. The predicted octanol–water partition coefficient (Wildman–Crippen LogP) is 5.65. The Labute approximate surface area is 485 Å². The molecule has 9 N–H and O–H groups in total. The molecule has 5 aromatic carbocycles. The summed E-state index contributed by atoms with van der Waals surface area (Å²) in [5.41, 5.74) is 3.87. The third-order valence-electron chi connectivity index (χ3n) is 16.0. The van der Waals surface area contributed by atoms with E-state index in [0.717, 1.165) is 23.3 Å². The molecule has 438 valence electrons. The molecule has 85 heavy (non-hydrogen) atoms. The first kappa shape index (κ1) is 59.0. The summed E-state index contributed by atoms with van der Waals surface area (Å²) < 4.78 is 43.0. The minimum Gasteiger partial charge on any atom is -0.370 e. The van der Waals surface area contributed by atoms with Gasteiger partial charge in [0.05, 0.1) is 22.8 Å². The van der Waals surface area contributed by atoms with Gasteiger partial charge in [-0.25, -0.2) is 0 Å². The lowest BCUT2D eigenvalue weighted by molar-refractivity contribution is -0.137. The van der Waals surface area contributed by atoms with Gasteiger partial charge in [-0.1, -0.05) is 96.8 Å². The van der Waals surface area contributed by atoms with Crippen LogP contribution in [0.25, 0.3) is 10.9 Å². The first-order valence-electron chi connectivity index (χ1n) is 27.8. The van der Waals surface area contributed by atoms with E-state index in [2.05, 4.69) is 38.1 Å². The molecule has 10 rings (SSSR count). The molecule has 8 amide bonds. The molecule has 0 bridgehead atoms. The van der Waals surface area contributed by atoms with Gasteiger partial charge in [0.2, 0.25) is 29.5 Å². The average Bonchev–Trinajstić information content (AvgIpc) is 2.73. The van der Waals surface area contributed by atoms with Crippen molar-refractivity contribution in [3.05, 3.63) is 171 Å². The Balaban J connectivity index is 0.827. The number of hydrogen-bond donors (Lipinski definition) is 8. The molecule has 1 fully saturated rings. The number of aromatic amines is 1. The maximum absolute atomic E-state index is 15.4. The number of para-hydroxylation sites is 1. The topological polar surface area (TPSA) is 308 Å². The van der Waals surface area contributed by atoms with Gasteiger partial charge in [-0.3, -0.25) is 57.9 Å². The second-order valence-electron chi connectivity index (χ2n) is 21.5. The number of nitrogens with one attached hydrogen (secondary N) is 5. The summed E-state index contributed by atoms with van der Waals surface area (Å²) in [5.74, 6) is 0.197. The number of rotatable bonds is 20. The molecule has 0 spiro atoms. The Kier molecular flexibility index (Phi) is 17.1. The fourth-order valence-electron chi connectivity index (χ4n) is 11.6. The average molecular weight is 1180 g/mol. The molecule has 1 aromatic heterocycles. The highest BCUT2D eigenvalue weighted by atomic mass is 31.2. The van der Waals surface area contributed by atoms with Crippen molar-refractivity contribution in [2.75, 3.05) is 11.4 Å². The van der Waals surface area contributed by atoms with Crippen molar-refractivity contribution in [2.45, 2.75) is 113 Å². The number of halogens is 2. The van der Waals surface area contributed by atoms with Crippen LogP contribution in [0.3, 0.4) is 0 Å². The number of ketones is 1. The zero-order valence-corrected chi connectivity index (χ0v) is 46.6. The molecule has 0 radical (unpaired) electrons. The number of primary amides is 1. The smallest absolute Gasteiger partial charge is 0.370 e. The lowest BCUT2D eigenvalue weighted by Gasteiger charge is -2.29. The highest BCUT2D eigenvalue weighted by molar-refractivity contribution is 7.52. The Morgan fingerprint density at radius 3 is 2.24 bits per heavy atom. The number of carbonyl (C=O) groups excluding carboxylic acids is 9. The first-order valence-corrected chi connectivity index (χ1v) is 29.4. The van der Waals surface area contributed by atoms with Crippen molar-refractivity contribution < 1.29 is 66.3 Å². The van der Waals surface area contributed by atoms with E-state index in [1.165, 1.54) is 9.80 Å². The fourth-order valence-corrected chi connectivity index (χ4v) is 12.1. The van der Waals surface area contributed by atoms with E-state index >= 15 is 8.78 Å². The Bertz CT molecular complexity index is 3780. The van der Waals surface area contributed by atoms with Gasteiger partial charge in [0.1, 0.15) is 23.8 Å². The second kappa shape index (κ2) is 24.6. The van der Waals surface area contributed by atoms with E-state index < -0.39 is 95.8 Å². The third-order valence-corrected chi connectivity index (χ3v) is 16.9. The number of aromatic nitrogens is 1. The fraction of sp³-hybridized carbons (Fsp3) is 0.306. The quantitative estimate of drug-likeness (QED) is 0.0199. The van der Waals surface area contributed by atoms with E-state index in [9.17, 15) is 57.5 Å². The van der Waals surface area contributed by atoms with Crippen LogP contribution >= 0.6 is 7.60 Å². The van der Waals surface area contributed by atoms with Crippen LogP contribution in [0.15, 0.2) is 115 Å². The summed E-state index contributed by atoms with van der Waals surface area (Å²) in [5, 5.41) is 10.3. The SMILES string of the molecule is NC(=O)CC[C@H](NC(=O)[C@@H]1Cc2cccc3c2N1C(=O)[C@@H](NC(=O)c1cc2cc(C(F)(F)P(=O)(O)O)cc(C(=O)NCCCCC#Cc4cccc5c4CN(C4CCC(=O)NC4=O)C5=O)c2[nH]1)CC3)C(=O)CC(c1ccccc1)c1ccccc1. The summed E-state index contributed by atoms with van der Waals surface area (Å²) in [6.07, 6.45) is 1.41.